The Balaban J connectivity index is 2.21. The Morgan fingerprint density at radius 1 is 1.50 bits per heavy atom. The van der Waals surface area contributed by atoms with Gasteiger partial charge in [-0.25, -0.2) is 4.98 Å². The van der Waals surface area contributed by atoms with Crippen LogP contribution in [0.4, 0.5) is 19.0 Å². The third kappa shape index (κ3) is 3.40. The van der Waals surface area contributed by atoms with Gasteiger partial charge in [-0.2, -0.15) is 13.2 Å². The van der Waals surface area contributed by atoms with Crippen molar-refractivity contribution in [1.29, 1.82) is 0 Å². The minimum absolute atomic E-state index is 0.0601. The lowest BCUT2D eigenvalue weighted by Gasteiger charge is -2.34. The number of nitrogens with zero attached hydrogens (tertiary/aromatic N) is 2. The summed E-state index contributed by atoms with van der Waals surface area (Å²) in [7, 11) is 0. The van der Waals surface area contributed by atoms with Crippen molar-refractivity contribution in [3.63, 3.8) is 0 Å². The van der Waals surface area contributed by atoms with Crippen LogP contribution in [-0.4, -0.2) is 30.0 Å². The Kier molecular flexibility index (Phi) is 4.15. The van der Waals surface area contributed by atoms with Gasteiger partial charge >= 0.3 is 6.18 Å². The summed E-state index contributed by atoms with van der Waals surface area (Å²) in [5.74, 6) is -0.232. The van der Waals surface area contributed by atoms with Gasteiger partial charge in [0.05, 0.1) is 5.56 Å². The number of halogens is 3. The Morgan fingerprint density at radius 3 is 2.90 bits per heavy atom. The van der Waals surface area contributed by atoms with E-state index >= 15 is 0 Å². The molecule has 20 heavy (non-hydrogen) atoms. The van der Waals surface area contributed by atoms with Crippen molar-refractivity contribution in [2.24, 2.45) is 0 Å². The molecule has 1 unspecified atom stereocenters. The molecule has 7 heteroatoms. The molecular formula is C13H16F3N3O. The highest BCUT2D eigenvalue weighted by Crippen LogP contribution is 2.35. The number of hydrogen-bond acceptors (Lipinski definition) is 3. The topological polar surface area (TPSA) is 45.2 Å². The summed E-state index contributed by atoms with van der Waals surface area (Å²) in [5.41, 5.74) is -0.733. The molecule has 2 rings (SSSR count). The predicted octanol–water partition coefficient (Wildman–Crippen LogP) is 2.21. The van der Waals surface area contributed by atoms with Gasteiger partial charge in [0.2, 0.25) is 5.91 Å². The van der Waals surface area contributed by atoms with Crippen LogP contribution in [0.25, 0.3) is 0 Å². The second-order valence-electron chi connectivity index (χ2n) is 4.86. The number of aromatic nitrogens is 1. The molecule has 110 valence electrons. The van der Waals surface area contributed by atoms with Gasteiger partial charge in [0.25, 0.3) is 0 Å². The van der Waals surface area contributed by atoms with Gasteiger partial charge in [0, 0.05) is 32.3 Å². The maximum absolute atomic E-state index is 13.0. The molecule has 1 aliphatic heterocycles. The number of nitrogens with one attached hydrogen (secondary N) is 1. The fraction of sp³-hybridized carbons (Fsp3) is 0.538. The molecule has 1 fully saturated rings. The minimum atomic E-state index is -4.43. The maximum Gasteiger partial charge on any atom is 0.419 e. The number of pyridine rings is 1. The van der Waals surface area contributed by atoms with Crippen LogP contribution < -0.4 is 10.2 Å². The normalized spacial score (nSPS) is 19.8. The molecule has 0 saturated carbocycles. The highest BCUT2D eigenvalue weighted by molar-refractivity contribution is 5.73. The monoisotopic (exact) mass is 287 g/mol. The summed E-state index contributed by atoms with van der Waals surface area (Å²) >= 11 is 0. The van der Waals surface area contributed by atoms with Crippen LogP contribution in [-0.2, 0) is 11.0 Å². The van der Waals surface area contributed by atoms with E-state index in [1.807, 2.05) is 0 Å². The third-order valence-corrected chi connectivity index (χ3v) is 3.22. The number of carbonyl (C=O) groups excluding carboxylic acids is 1. The first-order chi connectivity index (χ1) is 9.38. The third-order valence-electron chi connectivity index (χ3n) is 3.22. The van der Waals surface area contributed by atoms with Crippen LogP contribution in [0, 0.1) is 0 Å². The van der Waals surface area contributed by atoms with Crippen molar-refractivity contribution in [2.45, 2.75) is 32.0 Å². The van der Waals surface area contributed by atoms with Crippen molar-refractivity contribution >= 4 is 11.7 Å². The second kappa shape index (κ2) is 5.68. The maximum atomic E-state index is 13.0. The summed E-state index contributed by atoms with van der Waals surface area (Å²) in [6.07, 6.45) is -1.58. The SMILES string of the molecule is CC(=O)NC1CCCN(c2ncccc2C(F)(F)F)C1. The van der Waals surface area contributed by atoms with Crippen molar-refractivity contribution in [1.82, 2.24) is 10.3 Å². The van der Waals surface area contributed by atoms with Gasteiger partial charge < -0.3 is 10.2 Å². The fourth-order valence-corrected chi connectivity index (χ4v) is 2.45. The largest absolute Gasteiger partial charge is 0.419 e. The molecule has 0 radical (unpaired) electrons. The van der Waals surface area contributed by atoms with Crippen LogP contribution in [0.1, 0.15) is 25.3 Å². The first-order valence-corrected chi connectivity index (χ1v) is 6.42. The first kappa shape index (κ1) is 14.6. The molecule has 0 bridgehead atoms. The molecule has 1 saturated heterocycles. The van der Waals surface area contributed by atoms with E-state index in [1.165, 1.54) is 19.2 Å². The zero-order valence-electron chi connectivity index (χ0n) is 11.1. The molecule has 1 amide bonds. The number of amides is 1. The van der Waals surface area contributed by atoms with Crippen molar-refractivity contribution in [2.75, 3.05) is 18.0 Å². The molecule has 4 nitrogen and oxygen atoms in total. The molecule has 0 aromatic carbocycles. The van der Waals surface area contributed by atoms with Crippen LogP contribution in [0.15, 0.2) is 18.3 Å². The summed E-state index contributed by atoms with van der Waals surface area (Å²) in [6.45, 7) is 2.26. The Bertz CT molecular complexity index is 490. The van der Waals surface area contributed by atoms with Crippen LogP contribution in [0.5, 0.6) is 0 Å². The average molecular weight is 287 g/mol. The predicted molar refractivity (Wildman–Crippen MR) is 68.3 cm³/mol. The highest BCUT2D eigenvalue weighted by atomic mass is 19.4. The summed E-state index contributed by atoms with van der Waals surface area (Å²) in [5, 5.41) is 2.75. The summed E-state index contributed by atoms with van der Waals surface area (Å²) in [6, 6.07) is 2.18. The molecule has 0 aliphatic carbocycles. The lowest BCUT2D eigenvalue weighted by Crippen LogP contribution is -2.47. The molecule has 1 aromatic heterocycles. The zero-order valence-corrected chi connectivity index (χ0v) is 11.1. The smallest absolute Gasteiger partial charge is 0.354 e. The molecule has 1 aliphatic rings. The van der Waals surface area contributed by atoms with Gasteiger partial charge in [0.1, 0.15) is 5.82 Å². The second-order valence-corrected chi connectivity index (χ2v) is 4.86. The number of carbonyl (C=O) groups is 1. The number of anilines is 1. The van der Waals surface area contributed by atoms with E-state index in [9.17, 15) is 18.0 Å². The summed E-state index contributed by atoms with van der Waals surface area (Å²) in [4.78, 5) is 16.5. The van der Waals surface area contributed by atoms with Gasteiger partial charge in [0.15, 0.2) is 0 Å². The van der Waals surface area contributed by atoms with Crippen LogP contribution in [0.3, 0.4) is 0 Å². The summed E-state index contributed by atoms with van der Waals surface area (Å²) < 4.78 is 38.9. The Morgan fingerprint density at radius 2 is 2.25 bits per heavy atom. The average Bonchev–Trinajstić information content (AvgIpc) is 2.37. The molecule has 0 spiro atoms. The molecule has 2 heterocycles. The van der Waals surface area contributed by atoms with E-state index in [0.717, 1.165) is 18.9 Å². The van der Waals surface area contributed by atoms with Crippen LogP contribution >= 0.6 is 0 Å². The van der Waals surface area contributed by atoms with Gasteiger partial charge in [-0.15, -0.1) is 0 Å². The van der Waals surface area contributed by atoms with Gasteiger partial charge in [-0.1, -0.05) is 0 Å². The van der Waals surface area contributed by atoms with E-state index < -0.39 is 11.7 Å². The fourth-order valence-electron chi connectivity index (χ4n) is 2.45. The number of rotatable bonds is 2. The van der Waals surface area contributed by atoms with Crippen LogP contribution in [0.2, 0.25) is 0 Å². The number of hydrogen-bond donors (Lipinski definition) is 1. The lowest BCUT2D eigenvalue weighted by atomic mass is 10.0. The minimum Gasteiger partial charge on any atom is -0.354 e. The van der Waals surface area contributed by atoms with E-state index in [4.69, 9.17) is 0 Å². The van der Waals surface area contributed by atoms with E-state index in [-0.39, 0.29) is 17.8 Å². The first-order valence-electron chi connectivity index (χ1n) is 6.42. The number of piperidine rings is 1. The zero-order chi connectivity index (χ0) is 14.8. The number of alkyl halides is 3. The molecular weight excluding hydrogens is 271 g/mol. The van der Waals surface area contributed by atoms with Gasteiger partial charge in [-0.3, -0.25) is 4.79 Å². The molecule has 1 N–H and O–H groups in total. The van der Waals surface area contributed by atoms with E-state index in [1.54, 1.807) is 4.90 Å². The lowest BCUT2D eigenvalue weighted by molar-refractivity contribution is -0.137. The van der Waals surface area contributed by atoms with Crippen molar-refractivity contribution < 1.29 is 18.0 Å². The van der Waals surface area contributed by atoms with E-state index in [2.05, 4.69) is 10.3 Å². The van der Waals surface area contributed by atoms with Crippen molar-refractivity contribution in [3.8, 4) is 0 Å². The van der Waals surface area contributed by atoms with Crippen molar-refractivity contribution in [3.05, 3.63) is 23.9 Å². The molecule has 1 aromatic rings. The van der Waals surface area contributed by atoms with Gasteiger partial charge in [-0.05, 0) is 25.0 Å². The Hall–Kier alpha value is -1.79. The molecule has 1 atom stereocenters. The van der Waals surface area contributed by atoms with E-state index in [0.29, 0.717) is 13.1 Å². The Labute approximate surface area is 115 Å². The standard InChI is InChI=1S/C13H16F3N3O/c1-9(20)18-10-4-3-7-19(8-10)12-11(13(14,15)16)5-2-6-17-12/h2,5-6,10H,3-4,7-8H2,1H3,(H,18,20). The quantitative estimate of drug-likeness (QED) is 0.907. The highest BCUT2D eigenvalue weighted by Gasteiger charge is 2.36.